The largest absolute Gasteiger partial charge is 0.445 e. The summed E-state index contributed by atoms with van der Waals surface area (Å²) in [4.78, 5) is 43.3. The van der Waals surface area contributed by atoms with Crippen molar-refractivity contribution < 1.29 is 37.4 Å². The van der Waals surface area contributed by atoms with Crippen molar-refractivity contribution in [1.29, 1.82) is 0 Å². The van der Waals surface area contributed by atoms with Gasteiger partial charge in [0.05, 0.1) is 17.3 Å². The number of aryl methyl sites for hydroxylation is 1. The Hall–Kier alpha value is -1.98. The van der Waals surface area contributed by atoms with Crippen LogP contribution in [-0.2, 0) is 14.3 Å². The molecule has 11 heteroatoms. The maximum Gasteiger partial charge on any atom is 0.351 e. The van der Waals surface area contributed by atoms with Crippen LogP contribution in [0.2, 0.25) is 0 Å². The second-order valence-electron chi connectivity index (χ2n) is 11.4. The van der Waals surface area contributed by atoms with E-state index in [4.69, 9.17) is 4.74 Å². The molecule has 3 saturated carbocycles. The van der Waals surface area contributed by atoms with Crippen LogP contribution in [0.4, 0.5) is 13.2 Å². The van der Waals surface area contributed by atoms with E-state index < -0.39 is 75.0 Å². The number of aromatic nitrogens is 1. The number of esters is 1. The van der Waals surface area contributed by atoms with Crippen molar-refractivity contribution in [2.24, 2.45) is 28.6 Å². The molecule has 0 aliphatic heterocycles. The zero-order valence-corrected chi connectivity index (χ0v) is 23.1. The van der Waals surface area contributed by atoms with Crippen LogP contribution >= 0.6 is 23.1 Å². The molecule has 4 aliphatic rings. The van der Waals surface area contributed by atoms with Gasteiger partial charge in [-0.2, -0.15) is 0 Å². The second-order valence-corrected chi connectivity index (χ2v) is 13.2. The third-order valence-electron chi connectivity index (χ3n) is 9.84. The Labute approximate surface area is 227 Å². The van der Waals surface area contributed by atoms with Crippen molar-refractivity contribution in [3.63, 3.8) is 0 Å². The Morgan fingerprint density at radius 3 is 2.63 bits per heavy atom. The van der Waals surface area contributed by atoms with Crippen molar-refractivity contribution in [3.05, 3.63) is 39.9 Å². The van der Waals surface area contributed by atoms with E-state index in [0.29, 0.717) is 17.5 Å². The lowest BCUT2D eigenvalue weighted by molar-refractivity contribution is -0.221. The average molecular weight is 570 g/mol. The van der Waals surface area contributed by atoms with Gasteiger partial charge in [0.15, 0.2) is 17.1 Å². The van der Waals surface area contributed by atoms with Gasteiger partial charge in [0.25, 0.3) is 0 Å². The van der Waals surface area contributed by atoms with Gasteiger partial charge in [-0.1, -0.05) is 19.9 Å². The monoisotopic (exact) mass is 569 g/mol. The van der Waals surface area contributed by atoms with E-state index in [9.17, 15) is 23.9 Å². The number of thiazole rings is 1. The zero-order valence-electron chi connectivity index (χ0n) is 21.5. The SMILES string of the molecule is Cc1ncsc1C(=O)OC1(C(=O)SCF)C(C)CC2C3CC(F)C4=CC(=O)C=C[C@]4(C)C3(F)C(O)C[C@@]21C. The molecule has 1 N–H and O–H groups in total. The first kappa shape index (κ1) is 27.6. The number of hydrogen-bond acceptors (Lipinski definition) is 8. The third-order valence-corrected chi connectivity index (χ3v) is 11.4. The standard InChI is InChI=1S/C27H30F3NO5S2/c1-13-7-16-17-9-19(29)18-8-15(32)5-6-24(18,3)26(17,30)20(33)10-25(16,4)27(13,23(35)37-11-28)36-22(34)21-14(2)31-12-38-21/h5-6,8,12-13,16-17,19-20,33H,7,9-11H2,1-4H3/t13?,16?,17?,19?,20?,24-,25-,26?,27?/m0/s1. The number of rotatable bonds is 4. The van der Waals surface area contributed by atoms with E-state index in [1.165, 1.54) is 24.6 Å². The second kappa shape index (κ2) is 9.02. The van der Waals surface area contributed by atoms with Gasteiger partial charge in [0.2, 0.25) is 5.12 Å². The Balaban J connectivity index is 1.64. The number of carbonyl (C=O) groups is 3. The van der Waals surface area contributed by atoms with Crippen molar-refractivity contribution in [2.45, 2.75) is 70.5 Å². The molecule has 206 valence electrons. The molecule has 4 aliphatic carbocycles. The first-order chi connectivity index (χ1) is 17.8. The number of fused-ring (bicyclic) bond motifs is 5. The minimum Gasteiger partial charge on any atom is -0.445 e. The summed E-state index contributed by atoms with van der Waals surface area (Å²) >= 11 is 1.42. The minimum atomic E-state index is -2.34. The molecule has 1 heterocycles. The molecule has 0 radical (unpaired) electrons. The molecule has 0 bridgehead atoms. The van der Waals surface area contributed by atoms with Gasteiger partial charge in [0.1, 0.15) is 17.1 Å². The molecule has 38 heavy (non-hydrogen) atoms. The smallest absolute Gasteiger partial charge is 0.351 e. The van der Waals surface area contributed by atoms with Crippen LogP contribution in [0.15, 0.2) is 29.3 Å². The van der Waals surface area contributed by atoms with E-state index >= 15 is 8.78 Å². The molecule has 0 amide bonds. The Bertz CT molecular complexity index is 1270. The maximum atomic E-state index is 17.4. The fourth-order valence-electron chi connectivity index (χ4n) is 8.06. The number of ether oxygens (including phenoxy) is 1. The van der Waals surface area contributed by atoms with E-state index in [2.05, 4.69) is 4.98 Å². The molecule has 1 aromatic heterocycles. The summed E-state index contributed by atoms with van der Waals surface area (Å²) in [6.45, 7) is 6.48. The fourth-order valence-corrected chi connectivity index (χ4v) is 9.53. The average Bonchev–Trinajstić information content (AvgIpc) is 3.37. The predicted molar refractivity (Wildman–Crippen MR) is 137 cm³/mol. The molecule has 6 nitrogen and oxygen atoms in total. The van der Waals surface area contributed by atoms with E-state index in [1.54, 1.807) is 20.8 Å². The number of halogens is 3. The highest BCUT2D eigenvalue weighted by Crippen LogP contribution is 2.72. The van der Waals surface area contributed by atoms with Crippen molar-refractivity contribution in [2.75, 3.05) is 6.01 Å². The lowest BCUT2D eigenvalue weighted by Gasteiger charge is -2.63. The number of allylic oxidation sites excluding steroid dienone is 4. The number of aliphatic hydroxyl groups excluding tert-OH is 1. The number of ketones is 1. The zero-order chi connectivity index (χ0) is 27.8. The number of alkyl halides is 3. The van der Waals surface area contributed by atoms with Crippen molar-refractivity contribution in [1.82, 2.24) is 4.98 Å². The Morgan fingerprint density at radius 2 is 2.00 bits per heavy atom. The summed E-state index contributed by atoms with van der Waals surface area (Å²) in [5, 5.41) is 10.8. The van der Waals surface area contributed by atoms with Crippen LogP contribution < -0.4 is 0 Å². The Kier molecular flexibility index (Phi) is 6.55. The van der Waals surface area contributed by atoms with Crippen LogP contribution in [0.25, 0.3) is 0 Å². The van der Waals surface area contributed by atoms with Gasteiger partial charge in [-0.05, 0) is 68.5 Å². The third kappa shape index (κ3) is 3.36. The quantitative estimate of drug-likeness (QED) is 0.505. The van der Waals surface area contributed by atoms with Gasteiger partial charge >= 0.3 is 5.97 Å². The summed E-state index contributed by atoms with van der Waals surface area (Å²) in [6, 6.07) is -1.05. The van der Waals surface area contributed by atoms with Crippen LogP contribution in [0.3, 0.4) is 0 Å². The highest BCUT2D eigenvalue weighted by Gasteiger charge is 2.78. The van der Waals surface area contributed by atoms with Gasteiger partial charge < -0.3 is 9.84 Å². The first-order valence-corrected chi connectivity index (χ1v) is 14.5. The fraction of sp³-hybridized carbons (Fsp3) is 0.630. The van der Waals surface area contributed by atoms with Gasteiger partial charge in [-0.3, -0.25) is 9.59 Å². The van der Waals surface area contributed by atoms with Crippen LogP contribution in [-0.4, -0.2) is 56.5 Å². The summed E-state index contributed by atoms with van der Waals surface area (Å²) in [5.41, 5.74) is -5.23. The van der Waals surface area contributed by atoms with Gasteiger partial charge in [0, 0.05) is 22.7 Å². The number of thioether (sulfide) groups is 1. The topological polar surface area (TPSA) is 93.6 Å². The van der Waals surface area contributed by atoms with Gasteiger partial charge in [-0.25, -0.2) is 22.9 Å². The number of aliphatic hydroxyl groups is 1. The van der Waals surface area contributed by atoms with Crippen LogP contribution in [0.1, 0.15) is 55.4 Å². The highest BCUT2D eigenvalue weighted by atomic mass is 32.2. The molecule has 0 saturated heterocycles. The molecule has 1 aromatic rings. The molecule has 7 unspecified atom stereocenters. The lowest BCUT2D eigenvalue weighted by Crippen LogP contribution is -2.70. The molecule has 5 rings (SSSR count). The summed E-state index contributed by atoms with van der Waals surface area (Å²) < 4.78 is 52.7. The normalized spacial score (nSPS) is 43.6. The van der Waals surface area contributed by atoms with E-state index in [-0.39, 0.29) is 29.7 Å². The van der Waals surface area contributed by atoms with Crippen LogP contribution in [0, 0.1) is 35.5 Å². The van der Waals surface area contributed by atoms with Crippen molar-refractivity contribution >= 4 is 40.0 Å². The maximum absolute atomic E-state index is 17.4. The van der Waals surface area contributed by atoms with Crippen LogP contribution in [0.5, 0.6) is 0 Å². The Morgan fingerprint density at radius 1 is 1.29 bits per heavy atom. The summed E-state index contributed by atoms with van der Waals surface area (Å²) in [7, 11) is 0. The molecule has 9 atom stereocenters. The number of hydrogen-bond donors (Lipinski definition) is 1. The molecule has 3 fully saturated rings. The summed E-state index contributed by atoms with van der Waals surface area (Å²) in [5.74, 6) is -3.63. The summed E-state index contributed by atoms with van der Waals surface area (Å²) in [6.07, 6.45) is -0.0246. The van der Waals surface area contributed by atoms with Crippen molar-refractivity contribution in [3.8, 4) is 0 Å². The number of carbonyl (C=O) groups excluding carboxylic acids is 3. The molecular weight excluding hydrogens is 539 g/mol. The molecule has 0 spiro atoms. The minimum absolute atomic E-state index is 0.000119. The lowest BCUT2D eigenvalue weighted by atomic mass is 9.44. The first-order valence-electron chi connectivity index (χ1n) is 12.6. The number of nitrogens with zero attached hydrogens (tertiary/aromatic N) is 1. The predicted octanol–water partition coefficient (Wildman–Crippen LogP) is 5.10. The molecule has 0 aromatic carbocycles. The van der Waals surface area contributed by atoms with E-state index in [0.717, 1.165) is 17.4 Å². The molecular formula is C27H30F3NO5S2. The van der Waals surface area contributed by atoms with Gasteiger partial charge in [-0.15, -0.1) is 11.3 Å². The van der Waals surface area contributed by atoms with E-state index in [1.807, 2.05) is 0 Å². The highest BCUT2D eigenvalue weighted by molar-refractivity contribution is 8.13.